The third-order valence-corrected chi connectivity index (χ3v) is 3.25. The van der Waals surface area contributed by atoms with Crippen LogP contribution in [0.2, 0.25) is 0 Å². The van der Waals surface area contributed by atoms with E-state index in [1.807, 2.05) is 24.3 Å². The average molecular weight is 250 g/mol. The van der Waals surface area contributed by atoms with E-state index >= 15 is 0 Å². The van der Waals surface area contributed by atoms with Crippen molar-refractivity contribution in [3.63, 3.8) is 0 Å². The first-order valence-electron chi connectivity index (χ1n) is 7.16. The van der Waals surface area contributed by atoms with Crippen molar-refractivity contribution in [3.8, 4) is 11.5 Å². The molecule has 0 unspecified atom stereocenters. The van der Waals surface area contributed by atoms with Crippen LogP contribution < -0.4 is 9.47 Å². The first-order valence-corrected chi connectivity index (χ1v) is 7.16. The van der Waals surface area contributed by atoms with E-state index in [0.717, 1.165) is 37.2 Å². The number of hydrogen-bond acceptors (Lipinski definition) is 2. The van der Waals surface area contributed by atoms with Gasteiger partial charge >= 0.3 is 0 Å². The van der Waals surface area contributed by atoms with E-state index in [4.69, 9.17) is 9.47 Å². The van der Waals surface area contributed by atoms with Crippen LogP contribution in [-0.4, -0.2) is 12.2 Å². The van der Waals surface area contributed by atoms with Crippen LogP contribution in [0.4, 0.5) is 0 Å². The minimum Gasteiger partial charge on any atom is -0.490 e. The maximum atomic E-state index is 5.87. The van der Waals surface area contributed by atoms with Crippen molar-refractivity contribution in [1.82, 2.24) is 0 Å². The van der Waals surface area contributed by atoms with E-state index in [1.54, 1.807) is 0 Å². The second kappa shape index (κ2) is 8.02. The normalized spacial score (nSPS) is 11.0. The molecule has 1 aromatic carbocycles. The van der Waals surface area contributed by atoms with Gasteiger partial charge in [-0.3, -0.25) is 0 Å². The summed E-state index contributed by atoms with van der Waals surface area (Å²) in [5.41, 5.74) is 0. The van der Waals surface area contributed by atoms with Crippen molar-refractivity contribution >= 4 is 0 Å². The molecular formula is C16H26O2. The topological polar surface area (TPSA) is 18.5 Å². The van der Waals surface area contributed by atoms with Crippen LogP contribution >= 0.6 is 0 Å². The minimum absolute atomic E-state index is 0.316. The first-order chi connectivity index (χ1) is 8.73. The lowest BCUT2D eigenvalue weighted by Gasteiger charge is -2.18. The van der Waals surface area contributed by atoms with Crippen LogP contribution in [0.3, 0.4) is 0 Å². The Balaban J connectivity index is 2.56. The number of hydrogen-bond donors (Lipinski definition) is 0. The van der Waals surface area contributed by atoms with Crippen LogP contribution in [0.15, 0.2) is 24.3 Å². The SMILES string of the molecule is CCC(CC)Oc1ccc(OC(CC)CC)cc1. The van der Waals surface area contributed by atoms with Gasteiger partial charge in [0, 0.05) is 0 Å². The van der Waals surface area contributed by atoms with Gasteiger partial charge in [0.05, 0.1) is 12.2 Å². The second-order valence-corrected chi connectivity index (χ2v) is 4.58. The summed E-state index contributed by atoms with van der Waals surface area (Å²) >= 11 is 0. The molecule has 0 heterocycles. The molecular weight excluding hydrogens is 224 g/mol. The highest BCUT2D eigenvalue weighted by Gasteiger charge is 2.07. The highest BCUT2D eigenvalue weighted by molar-refractivity contribution is 5.31. The summed E-state index contributed by atoms with van der Waals surface area (Å²) < 4.78 is 11.7. The first kappa shape index (κ1) is 14.9. The summed E-state index contributed by atoms with van der Waals surface area (Å²) in [6.07, 6.45) is 4.81. The Labute approximate surface area is 111 Å². The Hall–Kier alpha value is -1.18. The van der Waals surface area contributed by atoms with E-state index in [-0.39, 0.29) is 0 Å². The fraction of sp³-hybridized carbons (Fsp3) is 0.625. The molecule has 1 rings (SSSR count). The quantitative estimate of drug-likeness (QED) is 0.658. The van der Waals surface area contributed by atoms with Gasteiger partial charge in [-0.25, -0.2) is 0 Å². The largest absolute Gasteiger partial charge is 0.490 e. The van der Waals surface area contributed by atoms with Crippen LogP contribution in [0, 0.1) is 0 Å². The number of benzene rings is 1. The van der Waals surface area contributed by atoms with Gasteiger partial charge in [0.25, 0.3) is 0 Å². The lowest BCUT2D eigenvalue weighted by molar-refractivity contribution is 0.187. The molecule has 0 N–H and O–H groups in total. The van der Waals surface area contributed by atoms with Crippen molar-refractivity contribution in [1.29, 1.82) is 0 Å². The molecule has 0 saturated carbocycles. The molecule has 0 amide bonds. The Morgan fingerprint density at radius 1 is 0.667 bits per heavy atom. The fourth-order valence-electron chi connectivity index (χ4n) is 1.89. The molecule has 0 fully saturated rings. The highest BCUT2D eigenvalue weighted by atomic mass is 16.5. The molecule has 0 bridgehead atoms. The van der Waals surface area contributed by atoms with Crippen LogP contribution in [0.1, 0.15) is 53.4 Å². The van der Waals surface area contributed by atoms with E-state index in [9.17, 15) is 0 Å². The summed E-state index contributed by atoms with van der Waals surface area (Å²) in [5.74, 6) is 1.86. The molecule has 0 aliphatic rings. The summed E-state index contributed by atoms with van der Waals surface area (Å²) in [6, 6.07) is 7.98. The fourth-order valence-corrected chi connectivity index (χ4v) is 1.89. The monoisotopic (exact) mass is 250 g/mol. The van der Waals surface area contributed by atoms with Gasteiger partial charge in [-0.1, -0.05) is 27.7 Å². The lowest BCUT2D eigenvalue weighted by atomic mass is 10.2. The van der Waals surface area contributed by atoms with Gasteiger partial charge in [-0.05, 0) is 49.9 Å². The molecule has 2 heteroatoms. The molecule has 0 atom stereocenters. The smallest absolute Gasteiger partial charge is 0.119 e. The molecule has 2 nitrogen and oxygen atoms in total. The standard InChI is InChI=1S/C16H26O2/c1-5-13(6-2)17-15-9-11-16(12-10-15)18-14(7-3)8-4/h9-14H,5-8H2,1-4H3. The van der Waals surface area contributed by atoms with Crippen molar-refractivity contribution < 1.29 is 9.47 Å². The number of ether oxygens (including phenoxy) is 2. The Morgan fingerprint density at radius 3 is 1.17 bits per heavy atom. The molecule has 0 aliphatic heterocycles. The van der Waals surface area contributed by atoms with E-state index in [1.165, 1.54) is 0 Å². The molecule has 0 radical (unpaired) electrons. The summed E-state index contributed by atoms with van der Waals surface area (Å²) in [7, 11) is 0. The van der Waals surface area contributed by atoms with Crippen molar-refractivity contribution in [2.75, 3.05) is 0 Å². The molecule has 1 aromatic rings. The Bertz CT molecular complexity index is 277. The zero-order valence-corrected chi connectivity index (χ0v) is 12.1. The Kier molecular flexibility index (Phi) is 6.63. The van der Waals surface area contributed by atoms with Crippen LogP contribution in [0.5, 0.6) is 11.5 Å². The minimum atomic E-state index is 0.316. The van der Waals surface area contributed by atoms with Gasteiger partial charge in [-0.15, -0.1) is 0 Å². The summed E-state index contributed by atoms with van der Waals surface area (Å²) in [5, 5.41) is 0. The molecule has 0 aromatic heterocycles. The average Bonchev–Trinajstić information content (AvgIpc) is 2.43. The molecule has 102 valence electrons. The van der Waals surface area contributed by atoms with Crippen molar-refractivity contribution in [2.45, 2.75) is 65.6 Å². The van der Waals surface area contributed by atoms with Crippen LogP contribution in [-0.2, 0) is 0 Å². The third-order valence-electron chi connectivity index (χ3n) is 3.25. The van der Waals surface area contributed by atoms with Gasteiger partial charge in [-0.2, -0.15) is 0 Å². The predicted octanol–water partition coefficient (Wildman–Crippen LogP) is 4.82. The van der Waals surface area contributed by atoms with Gasteiger partial charge < -0.3 is 9.47 Å². The second-order valence-electron chi connectivity index (χ2n) is 4.58. The molecule has 0 aliphatic carbocycles. The Morgan fingerprint density at radius 2 is 0.944 bits per heavy atom. The maximum absolute atomic E-state index is 5.87. The maximum Gasteiger partial charge on any atom is 0.119 e. The highest BCUT2D eigenvalue weighted by Crippen LogP contribution is 2.21. The molecule has 18 heavy (non-hydrogen) atoms. The zero-order valence-electron chi connectivity index (χ0n) is 12.1. The van der Waals surface area contributed by atoms with E-state index in [2.05, 4.69) is 27.7 Å². The lowest BCUT2D eigenvalue weighted by Crippen LogP contribution is -2.14. The predicted molar refractivity (Wildman–Crippen MR) is 76.4 cm³/mol. The van der Waals surface area contributed by atoms with Gasteiger partial charge in [0.15, 0.2) is 0 Å². The van der Waals surface area contributed by atoms with Gasteiger partial charge in [0.2, 0.25) is 0 Å². The molecule has 0 saturated heterocycles. The van der Waals surface area contributed by atoms with Crippen molar-refractivity contribution in [2.24, 2.45) is 0 Å². The molecule has 0 spiro atoms. The summed E-state index contributed by atoms with van der Waals surface area (Å²) in [4.78, 5) is 0. The summed E-state index contributed by atoms with van der Waals surface area (Å²) in [6.45, 7) is 8.61. The van der Waals surface area contributed by atoms with E-state index in [0.29, 0.717) is 12.2 Å². The van der Waals surface area contributed by atoms with E-state index < -0.39 is 0 Å². The third kappa shape index (κ3) is 4.59. The van der Waals surface area contributed by atoms with Gasteiger partial charge in [0.1, 0.15) is 11.5 Å². The zero-order chi connectivity index (χ0) is 13.4. The van der Waals surface area contributed by atoms with Crippen LogP contribution in [0.25, 0.3) is 0 Å². The van der Waals surface area contributed by atoms with Crippen molar-refractivity contribution in [3.05, 3.63) is 24.3 Å². The number of rotatable bonds is 8.